The van der Waals surface area contributed by atoms with Crippen molar-refractivity contribution in [2.75, 3.05) is 13.2 Å². The van der Waals surface area contributed by atoms with Gasteiger partial charge in [-0.3, -0.25) is 0 Å². The van der Waals surface area contributed by atoms with Gasteiger partial charge < -0.3 is 14.8 Å². The average molecular weight is 429 g/mol. The van der Waals surface area contributed by atoms with Crippen LogP contribution < -0.4 is 14.8 Å². The zero-order valence-electron chi connectivity index (χ0n) is 15.0. The van der Waals surface area contributed by atoms with Crippen molar-refractivity contribution in [3.05, 3.63) is 58.1 Å². The largest absolute Gasteiger partial charge is 0.490 e. The van der Waals surface area contributed by atoms with Gasteiger partial charge in [0, 0.05) is 6.54 Å². The lowest BCUT2D eigenvalue weighted by atomic mass is 10.1. The van der Waals surface area contributed by atoms with Crippen molar-refractivity contribution in [2.45, 2.75) is 33.9 Å². The van der Waals surface area contributed by atoms with Crippen LogP contribution in [0.1, 0.15) is 31.9 Å². The summed E-state index contributed by atoms with van der Waals surface area (Å²) in [6, 6.07) is 14.3. The average Bonchev–Trinajstić information content (AvgIpc) is 2.55. The van der Waals surface area contributed by atoms with Gasteiger partial charge in [-0.1, -0.05) is 44.2 Å². The number of rotatable bonds is 9. The van der Waals surface area contributed by atoms with Gasteiger partial charge in [-0.2, -0.15) is 0 Å². The maximum Gasteiger partial charge on any atom is 0.175 e. The van der Waals surface area contributed by atoms with Crippen molar-refractivity contribution >= 4 is 28.3 Å². The van der Waals surface area contributed by atoms with E-state index in [1.807, 2.05) is 25.1 Å². The Balaban J connectivity index is 0.00000312. The third kappa shape index (κ3) is 7.27. The van der Waals surface area contributed by atoms with Gasteiger partial charge in [0.15, 0.2) is 11.5 Å². The van der Waals surface area contributed by atoms with Gasteiger partial charge in [0.2, 0.25) is 0 Å². The monoisotopic (exact) mass is 427 g/mol. The summed E-state index contributed by atoms with van der Waals surface area (Å²) < 4.78 is 12.7. The van der Waals surface area contributed by atoms with Gasteiger partial charge in [-0.15, -0.1) is 12.4 Å². The predicted octanol–water partition coefficient (Wildman–Crippen LogP) is 5.59. The van der Waals surface area contributed by atoms with Crippen LogP contribution in [0.15, 0.2) is 46.9 Å². The molecule has 0 amide bonds. The highest BCUT2D eigenvalue weighted by Crippen LogP contribution is 2.37. The number of hydrogen-bond donors (Lipinski definition) is 1. The quantitative estimate of drug-likeness (QED) is 0.564. The lowest BCUT2D eigenvalue weighted by molar-refractivity contribution is 0.267. The minimum atomic E-state index is 0. The molecule has 3 nitrogen and oxygen atoms in total. The molecule has 2 aromatic rings. The Hall–Kier alpha value is -1.23. The lowest BCUT2D eigenvalue weighted by Crippen LogP contribution is -2.19. The highest BCUT2D eigenvalue weighted by Gasteiger charge is 2.12. The van der Waals surface area contributed by atoms with Gasteiger partial charge in [-0.05, 0) is 58.6 Å². The fraction of sp³-hybridized carbons (Fsp3) is 0.400. The van der Waals surface area contributed by atoms with Crippen LogP contribution in [0.2, 0.25) is 0 Å². The Morgan fingerprint density at radius 1 is 1.04 bits per heavy atom. The molecule has 138 valence electrons. The second kappa shape index (κ2) is 11.4. The molecule has 0 aromatic heterocycles. The molecule has 0 bridgehead atoms. The van der Waals surface area contributed by atoms with Crippen molar-refractivity contribution in [3.63, 3.8) is 0 Å². The first-order valence-corrected chi connectivity index (χ1v) is 9.22. The summed E-state index contributed by atoms with van der Waals surface area (Å²) in [6.45, 7) is 9.33. The van der Waals surface area contributed by atoms with E-state index in [0.717, 1.165) is 34.6 Å². The van der Waals surface area contributed by atoms with Crippen LogP contribution in [-0.4, -0.2) is 13.2 Å². The lowest BCUT2D eigenvalue weighted by Gasteiger charge is -2.16. The standard InChI is InChI=1S/C20H26BrNO2.ClH/c1-4-23-19-11-17(13-22-12-15(2)3)10-18(21)20(19)24-14-16-8-6-5-7-9-16;/h5-11,15,22H,4,12-14H2,1-3H3;1H. The maximum absolute atomic E-state index is 6.01. The Bertz CT molecular complexity index is 635. The molecule has 0 saturated carbocycles. The van der Waals surface area contributed by atoms with E-state index in [4.69, 9.17) is 9.47 Å². The van der Waals surface area contributed by atoms with Crippen LogP contribution >= 0.6 is 28.3 Å². The fourth-order valence-electron chi connectivity index (χ4n) is 2.36. The summed E-state index contributed by atoms with van der Waals surface area (Å²) in [5.74, 6) is 2.17. The summed E-state index contributed by atoms with van der Waals surface area (Å²) in [7, 11) is 0. The summed E-state index contributed by atoms with van der Waals surface area (Å²) in [5.41, 5.74) is 2.31. The molecule has 0 heterocycles. The molecule has 0 radical (unpaired) electrons. The molecular weight excluding hydrogens is 402 g/mol. The van der Waals surface area contributed by atoms with Crippen molar-refractivity contribution in [3.8, 4) is 11.5 Å². The summed E-state index contributed by atoms with van der Waals surface area (Å²) >= 11 is 3.63. The number of hydrogen-bond acceptors (Lipinski definition) is 3. The van der Waals surface area contributed by atoms with Gasteiger partial charge >= 0.3 is 0 Å². The van der Waals surface area contributed by atoms with E-state index in [1.54, 1.807) is 0 Å². The molecule has 2 aromatic carbocycles. The predicted molar refractivity (Wildman–Crippen MR) is 110 cm³/mol. The number of ether oxygens (including phenoxy) is 2. The van der Waals surface area contributed by atoms with Crippen molar-refractivity contribution in [2.24, 2.45) is 5.92 Å². The molecule has 0 aliphatic heterocycles. The minimum absolute atomic E-state index is 0. The second-order valence-corrected chi connectivity index (χ2v) is 6.99. The van der Waals surface area contributed by atoms with Crippen LogP contribution in [-0.2, 0) is 13.2 Å². The zero-order chi connectivity index (χ0) is 17.4. The summed E-state index contributed by atoms with van der Waals surface area (Å²) in [4.78, 5) is 0. The molecule has 0 aliphatic carbocycles. The summed E-state index contributed by atoms with van der Waals surface area (Å²) in [6.07, 6.45) is 0. The highest BCUT2D eigenvalue weighted by molar-refractivity contribution is 9.10. The van der Waals surface area contributed by atoms with Crippen LogP contribution in [0.4, 0.5) is 0 Å². The van der Waals surface area contributed by atoms with E-state index in [-0.39, 0.29) is 12.4 Å². The second-order valence-electron chi connectivity index (χ2n) is 6.14. The van der Waals surface area contributed by atoms with Gasteiger partial charge in [-0.25, -0.2) is 0 Å². The van der Waals surface area contributed by atoms with E-state index in [9.17, 15) is 0 Å². The third-order valence-corrected chi connectivity index (χ3v) is 4.07. The van der Waals surface area contributed by atoms with Gasteiger partial charge in [0.1, 0.15) is 6.61 Å². The number of nitrogens with one attached hydrogen (secondary N) is 1. The normalized spacial score (nSPS) is 10.4. The molecular formula is C20H27BrClNO2. The van der Waals surface area contributed by atoms with Crippen LogP contribution in [0.25, 0.3) is 0 Å². The SMILES string of the molecule is CCOc1cc(CNCC(C)C)cc(Br)c1OCc1ccccc1.Cl. The van der Waals surface area contributed by atoms with Crippen LogP contribution in [0.5, 0.6) is 11.5 Å². The maximum atomic E-state index is 6.01. The first-order chi connectivity index (χ1) is 11.6. The van der Waals surface area contributed by atoms with Crippen molar-refractivity contribution in [1.29, 1.82) is 0 Å². The highest BCUT2D eigenvalue weighted by atomic mass is 79.9. The first-order valence-electron chi connectivity index (χ1n) is 8.42. The molecule has 5 heteroatoms. The smallest absolute Gasteiger partial charge is 0.175 e. The van der Waals surface area contributed by atoms with E-state index in [0.29, 0.717) is 19.1 Å². The Morgan fingerprint density at radius 2 is 1.76 bits per heavy atom. The molecule has 0 unspecified atom stereocenters. The minimum Gasteiger partial charge on any atom is -0.490 e. The Kier molecular flexibility index (Phi) is 9.94. The van der Waals surface area contributed by atoms with Gasteiger partial charge in [0.05, 0.1) is 11.1 Å². The van der Waals surface area contributed by atoms with E-state index < -0.39 is 0 Å². The Labute approximate surface area is 165 Å². The topological polar surface area (TPSA) is 30.5 Å². The summed E-state index contributed by atoms with van der Waals surface area (Å²) in [5, 5.41) is 3.46. The molecule has 0 fully saturated rings. The third-order valence-electron chi connectivity index (χ3n) is 3.48. The van der Waals surface area contributed by atoms with E-state index >= 15 is 0 Å². The van der Waals surface area contributed by atoms with Crippen LogP contribution in [0.3, 0.4) is 0 Å². The molecule has 25 heavy (non-hydrogen) atoms. The number of benzene rings is 2. The molecule has 0 spiro atoms. The molecule has 0 aliphatic rings. The zero-order valence-corrected chi connectivity index (χ0v) is 17.5. The number of halogens is 2. The van der Waals surface area contributed by atoms with Crippen molar-refractivity contribution in [1.82, 2.24) is 5.32 Å². The van der Waals surface area contributed by atoms with Crippen LogP contribution in [0, 0.1) is 5.92 Å². The first kappa shape index (κ1) is 21.8. The van der Waals surface area contributed by atoms with Crippen molar-refractivity contribution < 1.29 is 9.47 Å². The Morgan fingerprint density at radius 3 is 2.40 bits per heavy atom. The van der Waals surface area contributed by atoms with E-state index in [1.165, 1.54) is 5.56 Å². The fourth-order valence-corrected chi connectivity index (χ4v) is 2.97. The van der Waals surface area contributed by atoms with Gasteiger partial charge in [0.25, 0.3) is 0 Å². The molecule has 1 N–H and O–H groups in total. The molecule has 2 rings (SSSR count). The molecule has 0 saturated heterocycles. The molecule has 0 atom stereocenters. The van der Waals surface area contributed by atoms with E-state index in [2.05, 4.69) is 59.4 Å².